The predicted molar refractivity (Wildman–Crippen MR) is 108 cm³/mol. The van der Waals surface area contributed by atoms with Crippen molar-refractivity contribution in [1.82, 2.24) is 5.43 Å². The first-order valence-corrected chi connectivity index (χ1v) is 8.59. The minimum atomic E-state index is -0.280. The number of nitrogens with two attached hydrogens (primary N) is 1. The van der Waals surface area contributed by atoms with Crippen LogP contribution in [0.15, 0.2) is 84.0 Å². The highest BCUT2D eigenvalue weighted by atomic mass is 16.5. The molecule has 27 heavy (non-hydrogen) atoms. The minimum Gasteiger partial charge on any atom is -0.489 e. The lowest BCUT2D eigenvalue weighted by Crippen LogP contribution is -2.19. The first-order chi connectivity index (χ1) is 13.1. The van der Waals surface area contributed by atoms with Gasteiger partial charge in [0.05, 0.1) is 5.71 Å². The molecule has 0 atom stereocenters. The number of carbonyl (C=O) groups excluding carboxylic acids is 1. The van der Waals surface area contributed by atoms with Gasteiger partial charge in [-0.1, -0.05) is 30.3 Å². The fourth-order valence-electron chi connectivity index (χ4n) is 2.43. The molecule has 0 aromatic heterocycles. The number of anilines is 1. The Balaban J connectivity index is 1.57. The Bertz CT molecular complexity index is 918. The molecular formula is C22H21N3O2. The number of benzene rings is 3. The molecule has 0 unspecified atom stereocenters. The van der Waals surface area contributed by atoms with E-state index in [1.165, 1.54) is 0 Å². The maximum Gasteiger partial charge on any atom is 0.271 e. The molecule has 136 valence electrons. The van der Waals surface area contributed by atoms with Crippen LogP contribution < -0.4 is 15.9 Å². The van der Waals surface area contributed by atoms with E-state index in [2.05, 4.69) is 10.5 Å². The van der Waals surface area contributed by atoms with Crippen molar-refractivity contribution in [2.24, 2.45) is 5.10 Å². The topological polar surface area (TPSA) is 76.7 Å². The van der Waals surface area contributed by atoms with Gasteiger partial charge in [-0.25, -0.2) is 5.43 Å². The Kier molecular flexibility index (Phi) is 5.84. The molecule has 0 fully saturated rings. The van der Waals surface area contributed by atoms with E-state index in [1.54, 1.807) is 24.3 Å². The van der Waals surface area contributed by atoms with Gasteiger partial charge in [-0.15, -0.1) is 0 Å². The van der Waals surface area contributed by atoms with E-state index in [9.17, 15) is 4.79 Å². The molecule has 0 saturated heterocycles. The first-order valence-electron chi connectivity index (χ1n) is 8.59. The molecule has 3 aromatic carbocycles. The van der Waals surface area contributed by atoms with Crippen molar-refractivity contribution in [3.05, 3.63) is 95.6 Å². The zero-order valence-corrected chi connectivity index (χ0v) is 15.1. The SMILES string of the molecule is C/C(=N/NC(=O)c1ccc(N)cc1)c1ccc(OCc2ccccc2)cc1. The Labute approximate surface area is 158 Å². The quantitative estimate of drug-likeness (QED) is 0.397. The van der Waals surface area contributed by atoms with Gasteiger partial charge in [-0.3, -0.25) is 4.79 Å². The van der Waals surface area contributed by atoms with Crippen LogP contribution in [0, 0.1) is 0 Å². The number of rotatable bonds is 6. The van der Waals surface area contributed by atoms with Gasteiger partial charge >= 0.3 is 0 Å². The van der Waals surface area contributed by atoms with E-state index in [0.717, 1.165) is 16.9 Å². The fraction of sp³-hybridized carbons (Fsp3) is 0.0909. The summed E-state index contributed by atoms with van der Waals surface area (Å²) < 4.78 is 5.77. The van der Waals surface area contributed by atoms with E-state index < -0.39 is 0 Å². The zero-order chi connectivity index (χ0) is 19.1. The van der Waals surface area contributed by atoms with Gasteiger partial charge < -0.3 is 10.5 Å². The van der Waals surface area contributed by atoms with Crippen LogP contribution in [-0.2, 0) is 6.61 Å². The predicted octanol–water partition coefficient (Wildman–Crippen LogP) is 4.00. The van der Waals surface area contributed by atoms with Gasteiger partial charge in [0, 0.05) is 11.3 Å². The summed E-state index contributed by atoms with van der Waals surface area (Å²) in [4.78, 5) is 12.1. The number of nitrogen functional groups attached to an aromatic ring is 1. The number of carbonyl (C=O) groups is 1. The Morgan fingerprint density at radius 2 is 1.56 bits per heavy atom. The minimum absolute atomic E-state index is 0.280. The summed E-state index contributed by atoms with van der Waals surface area (Å²) in [5.74, 6) is 0.499. The molecule has 3 aromatic rings. The molecule has 3 rings (SSSR count). The number of hydrazone groups is 1. The van der Waals surface area contributed by atoms with Gasteiger partial charge in [0.1, 0.15) is 12.4 Å². The van der Waals surface area contributed by atoms with Crippen molar-refractivity contribution < 1.29 is 9.53 Å². The van der Waals surface area contributed by atoms with Crippen molar-refractivity contribution in [3.63, 3.8) is 0 Å². The van der Waals surface area contributed by atoms with Crippen molar-refractivity contribution in [2.75, 3.05) is 5.73 Å². The van der Waals surface area contributed by atoms with Gasteiger partial charge in [-0.05, 0) is 66.6 Å². The van der Waals surface area contributed by atoms with Crippen LogP contribution in [-0.4, -0.2) is 11.6 Å². The van der Waals surface area contributed by atoms with Gasteiger partial charge in [0.25, 0.3) is 5.91 Å². The van der Waals surface area contributed by atoms with E-state index in [1.807, 2.05) is 61.5 Å². The summed E-state index contributed by atoms with van der Waals surface area (Å²) in [5.41, 5.74) is 12.0. The molecule has 0 aliphatic heterocycles. The lowest BCUT2D eigenvalue weighted by atomic mass is 10.1. The second-order valence-electron chi connectivity index (χ2n) is 6.06. The molecule has 5 heteroatoms. The summed E-state index contributed by atoms with van der Waals surface area (Å²) in [6.07, 6.45) is 0. The Morgan fingerprint density at radius 1 is 0.926 bits per heavy atom. The number of amides is 1. The number of hydrogen-bond donors (Lipinski definition) is 2. The second-order valence-corrected chi connectivity index (χ2v) is 6.06. The molecule has 0 bridgehead atoms. The Morgan fingerprint density at radius 3 is 2.22 bits per heavy atom. The van der Waals surface area contributed by atoms with Crippen molar-refractivity contribution in [1.29, 1.82) is 0 Å². The van der Waals surface area contributed by atoms with Gasteiger partial charge in [-0.2, -0.15) is 5.10 Å². The average Bonchev–Trinajstić information content (AvgIpc) is 2.72. The van der Waals surface area contributed by atoms with Crippen molar-refractivity contribution >= 4 is 17.3 Å². The highest BCUT2D eigenvalue weighted by Crippen LogP contribution is 2.15. The third-order valence-electron chi connectivity index (χ3n) is 4.02. The summed E-state index contributed by atoms with van der Waals surface area (Å²) in [7, 11) is 0. The third kappa shape index (κ3) is 5.19. The third-order valence-corrected chi connectivity index (χ3v) is 4.02. The van der Waals surface area contributed by atoms with Crippen molar-refractivity contribution in [2.45, 2.75) is 13.5 Å². The summed E-state index contributed by atoms with van der Waals surface area (Å²) in [5, 5.41) is 4.16. The first kappa shape index (κ1) is 18.2. The molecule has 5 nitrogen and oxygen atoms in total. The number of nitrogens with zero attached hydrogens (tertiary/aromatic N) is 1. The fourth-order valence-corrected chi connectivity index (χ4v) is 2.43. The lowest BCUT2D eigenvalue weighted by molar-refractivity contribution is 0.0955. The molecule has 0 aliphatic carbocycles. The van der Waals surface area contributed by atoms with Gasteiger partial charge in [0.2, 0.25) is 0 Å². The van der Waals surface area contributed by atoms with E-state index in [-0.39, 0.29) is 5.91 Å². The largest absolute Gasteiger partial charge is 0.489 e. The molecule has 0 saturated carbocycles. The molecule has 0 heterocycles. The molecular weight excluding hydrogens is 338 g/mol. The highest BCUT2D eigenvalue weighted by molar-refractivity contribution is 6.01. The number of hydrogen-bond acceptors (Lipinski definition) is 4. The zero-order valence-electron chi connectivity index (χ0n) is 15.1. The van der Waals surface area contributed by atoms with Crippen molar-refractivity contribution in [3.8, 4) is 5.75 Å². The number of nitrogens with one attached hydrogen (secondary N) is 1. The van der Waals surface area contributed by atoms with E-state index >= 15 is 0 Å². The van der Waals surface area contributed by atoms with E-state index in [4.69, 9.17) is 10.5 Å². The van der Waals surface area contributed by atoms with Crippen LogP contribution >= 0.6 is 0 Å². The van der Waals surface area contributed by atoms with Crippen LogP contribution in [0.25, 0.3) is 0 Å². The maximum atomic E-state index is 12.1. The van der Waals surface area contributed by atoms with Crippen LogP contribution in [0.5, 0.6) is 5.75 Å². The molecule has 1 amide bonds. The van der Waals surface area contributed by atoms with Crippen LogP contribution in [0.2, 0.25) is 0 Å². The molecule has 0 spiro atoms. The molecule has 0 aliphatic rings. The standard InChI is InChI=1S/C22H21N3O2/c1-16(24-25-22(26)19-7-11-20(23)12-8-19)18-9-13-21(14-10-18)27-15-17-5-3-2-4-6-17/h2-14H,15,23H2,1H3,(H,25,26)/b24-16-. The average molecular weight is 359 g/mol. The normalized spacial score (nSPS) is 11.1. The maximum absolute atomic E-state index is 12.1. The smallest absolute Gasteiger partial charge is 0.271 e. The van der Waals surface area contributed by atoms with E-state index in [0.29, 0.717) is 23.6 Å². The van der Waals surface area contributed by atoms with Crippen LogP contribution in [0.3, 0.4) is 0 Å². The summed E-state index contributed by atoms with van der Waals surface area (Å²) >= 11 is 0. The molecule has 0 radical (unpaired) electrons. The van der Waals surface area contributed by atoms with Gasteiger partial charge in [0.15, 0.2) is 0 Å². The lowest BCUT2D eigenvalue weighted by Gasteiger charge is -2.08. The summed E-state index contributed by atoms with van der Waals surface area (Å²) in [6.45, 7) is 2.36. The molecule has 3 N–H and O–H groups in total. The number of ether oxygens (including phenoxy) is 1. The highest BCUT2D eigenvalue weighted by Gasteiger charge is 2.05. The summed E-state index contributed by atoms with van der Waals surface area (Å²) in [6, 6.07) is 24.3. The van der Waals surface area contributed by atoms with Crippen LogP contribution in [0.4, 0.5) is 5.69 Å². The Hall–Kier alpha value is -3.60. The monoisotopic (exact) mass is 359 g/mol. The second kappa shape index (κ2) is 8.67. The van der Waals surface area contributed by atoms with Crippen LogP contribution in [0.1, 0.15) is 28.4 Å².